The predicted octanol–water partition coefficient (Wildman–Crippen LogP) is 9.56. The summed E-state index contributed by atoms with van der Waals surface area (Å²) >= 11 is 0. The van der Waals surface area contributed by atoms with E-state index in [0.717, 1.165) is 39.6 Å². The van der Waals surface area contributed by atoms with Gasteiger partial charge in [-0.25, -0.2) is 19.9 Å². The van der Waals surface area contributed by atoms with Crippen LogP contribution < -0.4 is 9.47 Å². The van der Waals surface area contributed by atoms with Crippen LogP contribution in [0.1, 0.15) is 61.9 Å². The van der Waals surface area contributed by atoms with Crippen LogP contribution in [0.4, 0.5) is 0 Å². The minimum atomic E-state index is -0.170. The van der Waals surface area contributed by atoms with Gasteiger partial charge in [0.05, 0.1) is 46.8 Å². The van der Waals surface area contributed by atoms with E-state index < -0.39 is 0 Å². The number of aromatic amines is 2. The number of benzene rings is 4. The number of fused-ring (bicyclic) bond motifs is 2. The third-order valence-corrected chi connectivity index (χ3v) is 9.59. The average Bonchev–Trinajstić information content (AvgIpc) is 4.12. The summed E-state index contributed by atoms with van der Waals surface area (Å²) in [5.41, 5.74) is 6.12. The molecular weight excluding hydrogens is 733 g/mol. The van der Waals surface area contributed by atoms with Gasteiger partial charge in [-0.3, -0.25) is 9.59 Å². The lowest BCUT2D eigenvalue weighted by molar-refractivity contribution is 0.102. The zero-order chi connectivity index (χ0) is 39.3. The fourth-order valence-electron chi connectivity index (χ4n) is 6.61. The number of pyridine rings is 2. The largest absolute Gasteiger partial charge is 0.501 e. The lowest BCUT2D eigenvalue weighted by Crippen LogP contribution is -2.04. The van der Waals surface area contributed by atoms with Crippen molar-refractivity contribution in [3.63, 3.8) is 0 Å². The Kier molecular flexibility index (Phi) is 9.93. The molecule has 0 amide bonds. The summed E-state index contributed by atoms with van der Waals surface area (Å²) in [6.45, 7) is 0.576. The van der Waals surface area contributed by atoms with Crippen LogP contribution in [0.3, 0.4) is 0 Å². The molecule has 6 heterocycles. The van der Waals surface area contributed by atoms with Gasteiger partial charge in [0.2, 0.25) is 23.3 Å². The van der Waals surface area contributed by atoms with E-state index in [1.807, 2.05) is 84.9 Å². The summed E-state index contributed by atoms with van der Waals surface area (Å²) in [7, 11) is 0. The summed E-state index contributed by atoms with van der Waals surface area (Å²) in [4.78, 5) is 49.0. The summed E-state index contributed by atoms with van der Waals surface area (Å²) in [5, 5.41) is 0. The number of H-pyrrole nitrogens is 2. The number of aromatic nitrogens is 6. The smallest absolute Gasteiger partial charge is 0.228 e. The molecule has 4 aromatic heterocycles. The van der Waals surface area contributed by atoms with E-state index >= 15 is 0 Å². The van der Waals surface area contributed by atoms with Crippen LogP contribution in [-0.2, 0) is 9.47 Å². The maximum Gasteiger partial charge on any atom is 0.228 e. The highest BCUT2D eigenvalue weighted by Crippen LogP contribution is 2.35. The van der Waals surface area contributed by atoms with Crippen LogP contribution in [0.25, 0.3) is 22.1 Å². The topological polar surface area (TPSA) is 154 Å². The van der Waals surface area contributed by atoms with Crippen molar-refractivity contribution in [3.8, 4) is 23.3 Å². The van der Waals surface area contributed by atoms with E-state index in [4.69, 9.17) is 18.9 Å². The second-order valence-corrected chi connectivity index (χ2v) is 13.4. The number of para-hydroxylation sites is 4. The van der Waals surface area contributed by atoms with Crippen LogP contribution >= 0.6 is 0 Å². The maximum absolute atomic E-state index is 12.7. The van der Waals surface area contributed by atoms with Crippen molar-refractivity contribution in [1.29, 1.82) is 0 Å². The first-order valence-corrected chi connectivity index (χ1v) is 18.6. The van der Waals surface area contributed by atoms with Crippen molar-refractivity contribution < 1.29 is 28.5 Å². The standard InChI is InChI=1S/2C23H17N3O3/c27-21(22-25-18-6-1-2-7-19(18)26-22)15-9-11-16(12-10-15)29-23-17(5-3-13-24-23)20-8-4-14-28-20;27-21(22-25-19-5-1-2-6-20(19)26-22)15-7-9-17(10-8-15)29-23-18(4-3-12-24-23)16-11-13-28-14-16/h1-7,9-14,20H,8H2,(H,25,26);1-13,16H,14H2,(H,25,26). The molecule has 0 radical (unpaired) electrons. The second kappa shape index (κ2) is 16.1. The maximum atomic E-state index is 12.7. The number of ether oxygens (including phenoxy) is 4. The number of rotatable bonds is 10. The number of nitrogens with one attached hydrogen (secondary N) is 2. The monoisotopic (exact) mass is 766 g/mol. The first kappa shape index (κ1) is 35.8. The fraction of sp³-hybridized carbons (Fsp3) is 0.0870. The molecule has 12 heteroatoms. The predicted molar refractivity (Wildman–Crippen MR) is 216 cm³/mol. The van der Waals surface area contributed by atoms with Gasteiger partial charge in [0, 0.05) is 41.4 Å². The Hall–Kier alpha value is -7.86. The van der Waals surface area contributed by atoms with Gasteiger partial charge < -0.3 is 28.9 Å². The molecule has 2 N–H and O–H groups in total. The van der Waals surface area contributed by atoms with Gasteiger partial charge in [-0.2, -0.15) is 0 Å². The van der Waals surface area contributed by atoms with Crippen molar-refractivity contribution in [2.24, 2.45) is 0 Å². The number of hydrogen-bond donors (Lipinski definition) is 2. The Labute approximate surface area is 331 Å². The fourth-order valence-corrected chi connectivity index (χ4v) is 6.61. The Morgan fingerprint density at radius 1 is 0.603 bits per heavy atom. The van der Waals surface area contributed by atoms with Crippen molar-refractivity contribution >= 4 is 33.6 Å². The molecule has 2 atom stereocenters. The van der Waals surface area contributed by atoms with E-state index in [-0.39, 0.29) is 23.6 Å². The van der Waals surface area contributed by atoms with Crippen molar-refractivity contribution in [1.82, 2.24) is 29.9 Å². The molecule has 4 aromatic carbocycles. The average molecular weight is 767 g/mol. The summed E-state index contributed by atoms with van der Waals surface area (Å²) in [6.07, 6.45) is 11.4. The Morgan fingerprint density at radius 3 is 1.64 bits per heavy atom. The van der Waals surface area contributed by atoms with E-state index in [1.165, 1.54) is 0 Å². The number of hydrogen-bond acceptors (Lipinski definition) is 10. The number of carbonyl (C=O) groups is 2. The van der Waals surface area contributed by atoms with Crippen LogP contribution in [0.2, 0.25) is 0 Å². The minimum absolute atomic E-state index is 0.0902. The summed E-state index contributed by atoms with van der Waals surface area (Å²) in [6, 6.07) is 36.7. The van der Waals surface area contributed by atoms with Gasteiger partial charge >= 0.3 is 0 Å². The van der Waals surface area contributed by atoms with Crippen LogP contribution in [-0.4, -0.2) is 48.1 Å². The van der Waals surface area contributed by atoms with E-state index in [2.05, 4.69) is 29.9 Å². The molecule has 2 aliphatic rings. The molecule has 10 rings (SSSR count). The molecule has 0 spiro atoms. The zero-order valence-corrected chi connectivity index (χ0v) is 30.8. The van der Waals surface area contributed by atoms with Crippen molar-refractivity contribution in [2.45, 2.75) is 18.4 Å². The molecule has 2 unspecified atom stereocenters. The highest BCUT2D eigenvalue weighted by atomic mass is 16.5. The van der Waals surface area contributed by atoms with Crippen LogP contribution in [0.5, 0.6) is 23.3 Å². The van der Waals surface area contributed by atoms with E-state index in [0.29, 0.717) is 52.6 Å². The Bertz CT molecular complexity index is 2740. The Balaban J connectivity index is 0.000000150. The summed E-state index contributed by atoms with van der Waals surface area (Å²) < 4.78 is 22.8. The molecule has 0 fully saturated rings. The highest BCUT2D eigenvalue weighted by molar-refractivity contribution is 6.08. The number of ketones is 2. The Morgan fingerprint density at radius 2 is 1.14 bits per heavy atom. The number of imidazole rings is 2. The molecule has 2 aliphatic heterocycles. The van der Waals surface area contributed by atoms with Gasteiger partial charge in [0.15, 0.2) is 11.6 Å². The third-order valence-electron chi connectivity index (χ3n) is 9.59. The van der Waals surface area contributed by atoms with Crippen LogP contribution in [0, 0.1) is 0 Å². The van der Waals surface area contributed by atoms with Gasteiger partial charge in [0.25, 0.3) is 0 Å². The first-order valence-electron chi connectivity index (χ1n) is 18.6. The third kappa shape index (κ3) is 7.66. The molecule has 58 heavy (non-hydrogen) atoms. The molecule has 0 aliphatic carbocycles. The molecular formula is C46H34N6O6. The molecule has 8 aromatic rings. The van der Waals surface area contributed by atoms with Crippen LogP contribution in [0.15, 0.2) is 158 Å². The lowest BCUT2D eigenvalue weighted by Gasteiger charge is -2.14. The molecule has 0 saturated heterocycles. The SMILES string of the molecule is O=C(c1ccc(Oc2ncccc2C2C=COC2)cc1)c1nc2ccccc2[nH]1.O=C(c1ccc(Oc2ncccc2C2CC=CO2)cc1)c1nc2ccccc2[nH]1. The van der Waals surface area contributed by atoms with Gasteiger partial charge in [-0.05, 0) is 103 Å². The molecule has 284 valence electrons. The van der Waals surface area contributed by atoms with Crippen molar-refractivity contribution in [3.05, 3.63) is 192 Å². The van der Waals surface area contributed by atoms with E-state index in [9.17, 15) is 9.59 Å². The lowest BCUT2D eigenvalue weighted by atomic mass is 10.0. The normalized spacial score (nSPS) is 15.4. The summed E-state index contributed by atoms with van der Waals surface area (Å²) in [5.74, 6) is 2.65. The molecule has 12 nitrogen and oxygen atoms in total. The molecule has 0 bridgehead atoms. The zero-order valence-electron chi connectivity index (χ0n) is 30.8. The number of nitrogens with zero attached hydrogens (tertiary/aromatic N) is 4. The highest BCUT2D eigenvalue weighted by Gasteiger charge is 2.22. The quantitative estimate of drug-likeness (QED) is 0.129. The van der Waals surface area contributed by atoms with Gasteiger partial charge in [0.1, 0.15) is 17.6 Å². The molecule has 0 saturated carbocycles. The number of carbonyl (C=O) groups excluding carboxylic acids is 2. The second-order valence-electron chi connectivity index (χ2n) is 13.4. The van der Waals surface area contributed by atoms with Gasteiger partial charge in [-0.15, -0.1) is 0 Å². The van der Waals surface area contributed by atoms with Gasteiger partial charge in [-0.1, -0.05) is 30.3 Å². The minimum Gasteiger partial charge on any atom is -0.501 e. The first-order chi connectivity index (χ1) is 28.6. The van der Waals surface area contributed by atoms with Crippen molar-refractivity contribution in [2.75, 3.05) is 6.61 Å². The van der Waals surface area contributed by atoms with E-state index in [1.54, 1.807) is 73.4 Å².